The fourth-order valence-corrected chi connectivity index (χ4v) is 2.68. The first-order chi connectivity index (χ1) is 8.26. The molecule has 3 heteroatoms. The molecule has 0 atom stereocenters. The van der Waals surface area contributed by atoms with Crippen LogP contribution in [0.3, 0.4) is 0 Å². The minimum Gasteiger partial charge on any atom is -0.465 e. The van der Waals surface area contributed by atoms with Crippen LogP contribution in [-0.2, 0) is 9.53 Å². The molecule has 3 nitrogen and oxygen atoms in total. The Hall–Kier alpha value is -0.570. The minimum atomic E-state index is -0.0724. The molecule has 0 bridgehead atoms. The lowest BCUT2D eigenvalue weighted by Crippen LogP contribution is -2.36. The molecule has 0 heterocycles. The highest BCUT2D eigenvalue weighted by Crippen LogP contribution is 2.24. The molecule has 0 aliphatic heterocycles. The molecule has 1 saturated carbocycles. The Kier molecular flexibility index (Phi) is 7.25. The Morgan fingerprint density at radius 2 is 1.94 bits per heavy atom. The van der Waals surface area contributed by atoms with Crippen LogP contribution in [0.4, 0.5) is 0 Å². The van der Waals surface area contributed by atoms with Crippen LogP contribution in [0.5, 0.6) is 0 Å². The molecule has 1 fully saturated rings. The number of hydrogen-bond acceptors (Lipinski definition) is 3. The molecule has 0 N–H and O–H groups in total. The highest BCUT2D eigenvalue weighted by Gasteiger charge is 2.18. The number of hydrogen-bond donors (Lipinski definition) is 0. The lowest BCUT2D eigenvalue weighted by Gasteiger charge is -2.28. The van der Waals surface area contributed by atoms with E-state index in [1.807, 2.05) is 6.92 Å². The third kappa shape index (κ3) is 6.06. The highest BCUT2D eigenvalue weighted by atomic mass is 16.5. The van der Waals surface area contributed by atoms with Gasteiger partial charge in [-0.2, -0.15) is 0 Å². The van der Waals surface area contributed by atoms with Crippen molar-refractivity contribution in [2.45, 2.75) is 52.4 Å². The van der Waals surface area contributed by atoms with Gasteiger partial charge >= 0.3 is 5.97 Å². The molecule has 0 saturated heterocycles. The van der Waals surface area contributed by atoms with Crippen LogP contribution in [0.15, 0.2) is 0 Å². The zero-order valence-electron chi connectivity index (χ0n) is 11.4. The van der Waals surface area contributed by atoms with Gasteiger partial charge in [0, 0.05) is 6.54 Å². The zero-order valence-corrected chi connectivity index (χ0v) is 11.4. The molecule has 0 aromatic heterocycles. The van der Waals surface area contributed by atoms with Crippen molar-refractivity contribution < 1.29 is 9.53 Å². The summed E-state index contributed by atoms with van der Waals surface area (Å²) in [5, 5.41) is 0. The van der Waals surface area contributed by atoms with Gasteiger partial charge in [-0.05, 0) is 38.6 Å². The smallest absolute Gasteiger partial charge is 0.320 e. The van der Waals surface area contributed by atoms with Crippen molar-refractivity contribution in [2.75, 3.05) is 26.2 Å². The molecule has 0 spiro atoms. The van der Waals surface area contributed by atoms with Gasteiger partial charge in [-0.15, -0.1) is 0 Å². The summed E-state index contributed by atoms with van der Waals surface area (Å²) in [6.07, 6.45) is 7.90. The van der Waals surface area contributed by atoms with Crippen LogP contribution in [0, 0.1) is 5.92 Å². The Morgan fingerprint density at radius 1 is 1.24 bits per heavy atom. The molecule has 0 aromatic carbocycles. The summed E-state index contributed by atoms with van der Waals surface area (Å²) in [7, 11) is 0. The van der Waals surface area contributed by atoms with Crippen LogP contribution in [0.2, 0.25) is 0 Å². The molecule has 0 aromatic rings. The molecule has 1 aliphatic carbocycles. The molecule has 1 aliphatic rings. The quantitative estimate of drug-likeness (QED) is 0.642. The second kappa shape index (κ2) is 8.51. The summed E-state index contributed by atoms with van der Waals surface area (Å²) in [6, 6.07) is 0. The van der Waals surface area contributed by atoms with Gasteiger partial charge in [-0.3, -0.25) is 9.69 Å². The topological polar surface area (TPSA) is 29.5 Å². The molecule has 0 radical (unpaired) electrons. The van der Waals surface area contributed by atoms with E-state index in [0.717, 1.165) is 25.4 Å². The fourth-order valence-electron chi connectivity index (χ4n) is 2.68. The minimum absolute atomic E-state index is 0.0724. The lowest BCUT2D eigenvalue weighted by atomic mass is 9.89. The van der Waals surface area contributed by atoms with Gasteiger partial charge in [0.05, 0.1) is 13.2 Å². The van der Waals surface area contributed by atoms with E-state index in [2.05, 4.69) is 11.8 Å². The van der Waals surface area contributed by atoms with Crippen molar-refractivity contribution >= 4 is 5.97 Å². The predicted octanol–water partition coefficient (Wildman–Crippen LogP) is 2.84. The van der Waals surface area contributed by atoms with E-state index in [1.54, 1.807) is 0 Å². The fraction of sp³-hybridized carbons (Fsp3) is 0.929. The van der Waals surface area contributed by atoms with Crippen LogP contribution in [-0.4, -0.2) is 37.1 Å². The first kappa shape index (κ1) is 14.5. The van der Waals surface area contributed by atoms with E-state index in [4.69, 9.17) is 4.74 Å². The number of esters is 1. The maximum atomic E-state index is 11.5. The number of nitrogens with zero attached hydrogens (tertiary/aromatic N) is 1. The van der Waals surface area contributed by atoms with Gasteiger partial charge in [-0.1, -0.05) is 26.2 Å². The van der Waals surface area contributed by atoms with E-state index < -0.39 is 0 Å². The second-order valence-corrected chi connectivity index (χ2v) is 5.04. The van der Waals surface area contributed by atoms with Crippen molar-refractivity contribution in [3.05, 3.63) is 0 Å². The van der Waals surface area contributed by atoms with Crippen LogP contribution in [0.25, 0.3) is 0 Å². The second-order valence-electron chi connectivity index (χ2n) is 5.04. The Balaban J connectivity index is 2.32. The van der Waals surface area contributed by atoms with Gasteiger partial charge in [-0.25, -0.2) is 0 Å². The first-order valence-electron chi connectivity index (χ1n) is 7.14. The SMILES string of the molecule is CCCN(CC(=O)OCC)CC1CCCCC1. The Labute approximate surface area is 106 Å². The van der Waals surface area contributed by atoms with Crippen LogP contribution < -0.4 is 0 Å². The van der Waals surface area contributed by atoms with E-state index in [9.17, 15) is 4.79 Å². The molecular weight excluding hydrogens is 214 g/mol. The summed E-state index contributed by atoms with van der Waals surface area (Å²) in [4.78, 5) is 13.8. The summed E-state index contributed by atoms with van der Waals surface area (Å²) < 4.78 is 5.03. The first-order valence-corrected chi connectivity index (χ1v) is 7.14. The molecular formula is C14H27NO2. The molecule has 17 heavy (non-hydrogen) atoms. The van der Waals surface area contributed by atoms with Gasteiger partial charge in [0.25, 0.3) is 0 Å². The van der Waals surface area contributed by atoms with Crippen molar-refractivity contribution in [1.82, 2.24) is 4.90 Å². The average molecular weight is 241 g/mol. The third-order valence-electron chi connectivity index (χ3n) is 3.44. The van der Waals surface area contributed by atoms with Crippen molar-refractivity contribution in [2.24, 2.45) is 5.92 Å². The van der Waals surface area contributed by atoms with E-state index in [0.29, 0.717) is 13.2 Å². The zero-order chi connectivity index (χ0) is 12.5. The number of carbonyl (C=O) groups excluding carboxylic acids is 1. The predicted molar refractivity (Wildman–Crippen MR) is 69.9 cm³/mol. The van der Waals surface area contributed by atoms with Gasteiger partial charge < -0.3 is 4.74 Å². The third-order valence-corrected chi connectivity index (χ3v) is 3.44. The van der Waals surface area contributed by atoms with Crippen molar-refractivity contribution in [1.29, 1.82) is 0 Å². The summed E-state index contributed by atoms with van der Waals surface area (Å²) in [5.74, 6) is 0.724. The Bertz CT molecular complexity index is 212. The largest absolute Gasteiger partial charge is 0.465 e. The standard InChI is InChI=1S/C14H27NO2/c1-3-10-15(12-14(16)17-4-2)11-13-8-6-5-7-9-13/h13H,3-12H2,1-2H3. The number of carbonyl (C=O) groups is 1. The highest BCUT2D eigenvalue weighted by molar-refractivity contribution is 5.71. The normalized spacial score (nSPS) is 17.4. The Morgan fingerprint density at radius 3 is 2.53 bits per heavy atom. The van der Waals surface area contributed by atoms with Crippen LogP contribution >= 0.6 is 0 Å². The number of rotatable bonds is 7. The van der Waals surface area contributed by atoms with Gasteiger partial charge in [0.1, 0.15) is 0 Å². The van der Waals surface area contributed by atoms with E-state index >= 15 is 0 Å². The number of ether oxygens (including phenoxy) is 1. The maximum Gasteiger partial charge on any atom is 0.320 e. The molecule has 1 rings (SSSR count). The summed E-state index contributed by atoms with van der Waals surface area (Å²) in [5.41, 5.74) is 0. The van der Waals surface area contributed by atoms with Crippen molar-refractivity contribution in [3.8, 4) is 0 Å². The van der Waals surface area contributed by atoms with Gasteiger partial charge in [0.15, 0.2) is 0 Å². The van der Waals surface area contributed by atoms with E-state index in [-0.39, 0.29) is 5.97 Å². The average Bonchev–Trinajstić information content (AvgIpc) is 2.31. The maximum absolute atomic E-state index is 11.5. The van der Waals surface area contributed by atoms with Crippen molar-refractivity contribution in [3.63, 3.8) is 0 Å². The monoisotopic (exact) mass is 241 g/mol. The van der Waals surface area contributed by atoms with Crippen LogP contribution in [0.1, 0.15) is 52.4 Å². The molecule has 100 valence electrons. The van der Waals surface area contributed by atoms with E-state index in [1.165, 1.54) is 32.1 Å². The van der Waals surface area contributed by atoms with Gasteiger partial charge in [0.2, 0.25) is 0 Å². The molecule has 0 unspecified atom stereocenters. The summed E-state index contributed by atoms with van der Waals surface area (Å²) in [6.45, 7) is 7.07. The molecule has 0 amide bonds. The lowest BCUT2D eigenvalue weighted by molar-refractivity contribution is -0.144. The summed E-state index contributed by atoms with van der Waals surface area (Å²) >= 11 is 0.